The van der Waals surface area contributed by atoms with Gasteiger partial charge in [0.05, 0.1) is 13.2 Å². The standard InChI is InChI=1S/C3H7ClO2.C3H8O2S/c4-1-2-6-3-5;4-3-5-1-2-6/h5H,1-3H2;4,6H,1-3H2. The highest BCUT2D eigenvalue weighted by Crippen LogP contribution is 1.74. The summed E-state index contributed by atoms with van der Waals surface area (Å²) in [6.45, 7) is 0.533. The van der Waals surface area contributed by atoms with Crippen molar-refractivity contribution >= 4 is 24.2 Å². The van der Waals surface area contributed by atoms with Gasteiger partial charge in [0.2, 0.25) is 0 Å². The quantitative estimate of drug-likeness (QED) is 0.256. The van der Waals surface area contributed by atoms with Crippen molar-refractivity contribution in [3.8, 4) is 0 Å². The molecule has 0 spiro atoms. The van der Waals surface area contributed by atoms with Crippen molar-refractivity contribution in [1.29, 1.82) is 0 Å². The first-order valence-corrected chi connectivity index (χ1v) is 4.54. The van der Waals surface area contributed by atoms with Gasteiger partial charge in [0.15, 0.2) is 0 Å². The van der Waals surface area contributed by atoms with E-state index in [2.05, 4.69) is 22.1 Å². The molecule has 0 aliphatic carbocycles. The van der Waals surface area contributed by atoms with Crippen LogP contribution in [0.4, 0.5) is 0 Å². The summed E-state index contributed by atoms with van der Waals surface area (Å²) in [5.74, 6) is 1.11. The summed E-state index contributed by atoms with van der Waals surface area (Å²) in [5, 5.41) is 15.9. The predicted molar refractivity (Wildman–Crippen MR) is 50.6 cm³/mol. The van der Waals surface area contributed by atoms with Crippen LogP contribution in [0.15, 0.2) is 0 Å². The molecule has 12 heavy (non-hydrogen) atoms. The van der Waals surface area contributed by atoms with E-state index >= 15 is 0 Å². The molecule has 6 heteroatoms. The van der Waals surface area contributed by atoms with Crippen molar-refractivity contribution in [2.24, 2.45) is 0 Å². The molecule has 76 valence electrons. The van der Waals surface area contributed by atoms with Crippen molar-refractivity contribution in [1.82, 2.24) is 0 Å². The van der Waals surface area contributed by atoms with E-state index in [1.165, 1.54) is 0 Å². The van der Waals surface area contributed by atoms with Crippen molar-refractivity contribution in [3.63, 3.8) is 0 Å². The Labute approximate surface area is 82.8 Å². The molecular formula is C6H15ClO4S. The van der Waals surface area contributed by atoms with Gasteiger partial charge in [-0.05, 0) is 0 Å². The van der Waals surface area contributed by atoms with Crippen LogP contribution < -0.4 is 0 Å². The summed E-state index contributed by atoms with van der Waals surface area (Å²) in [6.07, 6.45) is 0. The number of hydrogen-bond donors (Lipinski definition) is 3. The first-order valence-electron chi connectivity index (χ1n) is 3.37. The molecule has 0 radical (unpaired) electrons. The molecule has 0 bridgehead atoms. The highest BCUT2D eigenvalue weighted by molar-refractivity contribution is 7.80. The van der Waals surface area contributed by atoms with Crippen LogP contribution in [0.5, 0.6) is 0 Å². The molecular weight excluding hydrogens is 204 g/mol. The largest absolute Gasteiger partial charge is 0.371 e. The van der Waals surface area contributed by atoms with E-state index in [1.807, 2.05) is 0 Å². The first kappa shape index (κ1) is 15.0. The van der Waals surface area contributed by atoms with Gasteiger partial charge in [0.25, 0.3) is 0 Å². The maximum absolute atomic E-state index is 7.94. The van der Waals surface area contributed by atoms with E-state index in [9.17, 15) is 0 Å². The number of hydrogen-bond acceptors (Lipinski definition) is 5. The summed E-state index contributed by atoms with van der Waals surface area (Å²) in [7, 11) is 0. The van der Waals surface area contributed by atoms with Gasteiger partial charge in [0, 0.05) is 11.6 Å². The molecule has 2 N–H and O–H groups in total. The number of aliphatic hydroxyl groups excluding tert-OH is 2. The second-order valence-corrected chi connectivity index (χ2v) is 2.31. The van der Waals surface area contributed by atoms with Crippen LogP contribution in [-0.2, 0) is 9.47 Å². The second kappa shape index (κ2) is 17.5. The minimum Gasteiger partial charge on any atom is -0.371 e. The van der Waals surface area contributed by atoms with Gasteiger partial charge in [-0.15, -0.1) is 11.6 Å². The van der Waals surface area contributed by atoms with Gasteiger partial charge in [-0.25, -0.2) is 0 Å². The lowest BCUT2D eigenvalue weighted by atomic mass is 10.9. The van der Waals surface area contributed by atoms with E-state index in [4.69, 9.17) is 21.8 Å². The molecule has 0 aliphatic heterocycles. The smallest absolute Gasteiger partial charge is 0.143 e. The first-order chi connectivity index (χ1) is 5.83. The lowest BCUT2D eigenvalue weighted by molar-refractivity contribution is 0.00618. The molecule has 0 saturated carbocycles. The Kier molecular flexibility index (Phi) is 21.9. The maximum Gasteiger partial charge on any atom is 0.143 e. The third-order valence-electron chi connectivity index (χ3n) is 0.640. The maximum atomic E-state index is 7.94. The van der Waals surface area contributed by atoms with Gasteiger partial charge in [0.1, 0.15) is 13.6 Å². The molecule has 0 aromatic rings. The molecule has 0 amide bonds. The highest BCUT2D eigenvalue weighted by Gasteiger charge is 1.75. The van der Waals surface area contributed by atoms with Gasteiger partial charge in [-0.2, -0.15) is 12.6 Å². The zero-order chi connectivity index (χ0) is 9.66. The molecule has 0 aromatic carbocycles. The highest BCUT2D eigenvalue weighted by atomic mass is 35.5. The van der Waals surface area contributed by atoms with Crippen LogP contribution in [0, 0.1) is 0 Å². The predicted octanol–water partition coefficient (Wildman–Crippen LogP) is 0.0742. The minimum absolute atomic E-state index is 0.194. The molecule has 0 fully saturated rings. The van der Waals surface area contributed by atoms with Gasteiger partial charge >= 0.3 is 0 Å². The third-order valence-corrected chi connectivity index (χ3v) is 0.977. The summed E-state index contributed by atoms with van der Waals surface area (Å²) in [4.78, 5) is 0. The second-order valence-electron chi connectivity index (χ2n) is 1.49. The summed E-state index contributed by atoms with van der Waals surface area (Å²) >= 11 is 8.96. The molecule has 0 saturated heterocycles. The number of halogens is 1. The minimum atomic E-state index is -0.229. The summed E-state index contributed by atoms with van der Waals surface area (Å²) in [6, 6.07) is 0. The van der Waals surface area contributed by atoms with Crippen LogP contribution in [0.25, 0.3) is 0 Å². The van der Waals surface area contributed by atoms with Crippen LogP contribution in [0.3, 0.4) is 0 Å². The monoisotopic (exact) mass is 218 g/mol. The Hall–Kier alpha value is 0.480. The van der Waals surface area contributed by atoms with Crippen LogP contribution in [0.1, 0.15) is 0 Å². The average molecular weight is 219 g/mol. The normalized spacial score (nSPS) is 9.00. The Morgan fingerprint density at radius 1 is 1.08 bits per heavy atom. The Morgan fingerprint density at radius 3 is 1.75 bits per heavy atom. The number of rotatable bonds is 6. The lowest BCUT2D eigenvalue weighted by Gasteiger charge is -1.90. The number of aliphatic hydroxyl groups is 2. The fourth-order valence-corrected chi connectivity index (χ4v) is 0.486. The molecule has 0 heterocycles. The Balaban J connectivity index is 0. The Morgan fingerprint density at radius 2 is 1.58 bits per heavy atom. The zero-order valence-electron chi connectivity index (χ0n) is 6.78. The molecule has 0 aliphatic rings. The summed E-state index contributed by atoms with van der Waals surface area (Å²) in [5.41, 5.74) is 0. The van der Waals surface area contributed by atoms with Gasteiger partial charge < -0.3 is 19.7 Å². The van der Waals surface area contributed by atoms with Crippen LogP contribution in [-0.4, -0.2) is 48.6 Å². The fourth-order valence-electron chi connectivity index (χ4n) is 0.248. The molecule has 0 atom stereocenters. The molecule has 0 unspecified atom stereocenters. The van der Waals surface area contributed by atoms with Crippen molar-refractivity contribution < 1.29 is 19.7 Å². The summed E-state index contributed by atoms with van der Waals surface area (Å²) < 4.78 is 8.87. The van der Waals surface area contributed by atoms with Crippen molar-refractivity contribution in [3.05, 3.63) is 0 Å². The van der Waals surface area contributed by atoms with Crippen molar-refractivity contribution in [2.75, 3.05) is 38.4 Å². The van der Waals surface area contributed by atoms with E-state index in [1.54, 1.807) is 0 Å². The lowest BCUT2D eigenvalue weighted by Crippen LogP contribution is -1.94. The van der Waals surface area contributed by atoms with Gasteiger partial charge in [-0.3, -0.25) is 0 Å². The van der Waals surface area contributed by atoms with E-state index < -0.39 is 0 Å². The number of thiol groups is 1. The number of alkyl halides is 1. The zero-order valence-corrected chi connectivity index (χ0v) is 8.43. The molecule has 0 aromatic heterocycles. The van der Waals surface area contributed by atoms with E-state index in [0.717, 1.165) is 0 Å². The van der Waals surface area contributed by atoms with E-state index in [-0.39, 0.29) is 13.6 Å². The average Bonchev–Trinajstić information content (AvgIpc) is 2.12. The van der Waals surface area contributed by atoms with Gasteiger partial charge in [-0.1, -0.05) is 0 Å². The third kappa shape index (κ3) is 22.4. The van der Waals surface area contributed by atoms with Crippen LogP contribution >= 0.6 is 24.2 Å². The Bertz CT molecular complexity index is 51.5. The molecule has 4 nitrogen and oxygen atoms in total. The van der Waals surface area contributed by atoms with Crippen LogP contribution in [0.2, 0.25) is 0 Å². The fraction of sp³-hybridized carbons (Fsp3) is 1.00. The number of ether oxygens (including phenoxy) is 2. The van der Waals surface area contributed by atoms with E-state index in [0.29, 0.717) is 24.8 Å². The molecule has 0 rings (SSSR count). The van der Waals surface area contributed by atoms with Crippen molar-refractivity contribution in [2.45, 2.75) is 0 Å². The SMILES string of the molecule is OCOCCCl.OCOCCS. The topological polar surface area (TPSA) is 58.9 Å².